The van der Waals surface area contributed by atoms with Crippen LogP contribution in [0.25, 0.3) is 0 Å². The van der Waals surface area contributed by atoms with E-state index >= 15 is 0 Å². The molecule has 23 heavy (non-hydrogen) atoms. The Morgan fingerprint density at radius 2 is 1.96 bits per heavy atom. The van der Waals surface area contributed by atoms with E-state index < -0.39 is 10.0 Å². The van der Waals surface area contributed by atoms with E-state index in [4.69, 9.17) is 0 Å². The number of nitrogens with one attached hydrogen (secondary N) is 2. The van der Waals surface area contributed by atoms with E-state index in [1.54, 1.807) is 11.4 Å². The summed E-state index contributed by atoms with van der Waals surface area (Å²) in [4.78, 5) is 12.7. The standard InChI is InChI=1S/C15H25N3O3S2/c1-2-7-16-8-9-17-15(19)14-13(6-12-22-14)23(20,21)18-10-4-3-5-11-18/h6,12,16H,2-5,7-11H2,1H3,(H,17,19). The van der Waals surface area contributed by atoms with Crippen molar-refractivity contribution < 1.29 is 13.2 Å². The fourth-order valence-corrected chi connectivity index (χ4v) is 5.39. The zero-order valence-corrected chi connectivity index (χ0v) is 15.1. The first-order valence-electron chi connectivity index (χ1n) is 8.14. The van der Waals surface area contributed by atoms with Crippen molar-refractivity contribution in [2.24, 2.45) is 0 Å². The molecule has 1 aromatic rings. The second-order valence-electron chi connectivity index (χ2n) is 5.58. The van der Waals surface area contributed by atoms with E-state index in [1.807, 2.05) is 0 Å². The molecule has 1 aliphatic heterocycles. The highest BCUT2D eigenvalue weighted by molar-refractivity contribution is 7.89. The third-order valence-electron chi connectivity index (χ3n) is 3.78. The number of piperidine rings is 1. The number of nitrogens with zero attached hydrogens (tertiary/aromatic N) is 1. The lowest BCUT2D eigenvalue weighted by Gasteiger charge is -2.25. The highest BCUT2D eigenvalue weighted by Gasteiger charge is 2.30. The Kier molecular flexibility index (Phi) is 7.01. The van der Waals surface area contributed by atoms with Crippen LogP contribution in [0.15, 0.2) is 16.3 Å². The Bertz CT molecular complexity index is 607. The van der Waals surface area contributed by atoms with Crippen LogP contribution in [0, 0.1) is 0 Å². The van der Waals surface area contributed by atoms with Crippen LogP contribution in [0.3, 0.4) is 0 Å². The molecule has 6 nitrogen and oxygen atoms in total. The molecular weight excluding hydrogens is 334 g/mol. The fourth-order valence-electron chi connectivity index (χ4n) is 2.56. The zero-order chi connectivity index (χ0) is 16.7. The van der Waals surface area contributed by atoms with Crippen molar-refractivity contribution in [2.75, 3.05) is 32.7 Å². The lowest BCUT2D eigenvalue weighted by molar-refractivity contribution is 0.0955. The highest BCUT2D eigenvalue weighted by Crippen LogP contribution is 2.27. The first-order chi connectivity index (χ1) is 11.1. The van der Waals surface area contributed by atoms with Gasteiger partial charge in [-0.25, -0.2) is 8.42 Å². The number of sulfonamides is 1. The van der Waals surface area contributed by atoms with Crippen molar-refractivity contribution in [3.63, 3.8) is 0 Å². The number of carbonyl (C=O) groups excluding carboxylic acids is 1. The van der Waals surface area contributed by atoms with Crippen LogP contribution in [0.1, 0.15) is 42.3 Å². The molecule has 0 radical (unpaired) electrons. The number of hydrogen-bond donors (Lipinski definition) is 2. The molecule has 8 heteroatoms. The first-order valence-corrected chi connectivity index (χ1v) is 10.5. The molecule has 0 spiro atoms. The van der Waals surface area contributed by atoms with Crippen LogP contribution < -0.4 is 10.6 Å². The smallest absolute Gasteiger partial charge is 0.262 e. The third kappa shape index (κ3) is 4.76. The van der Waals surface area contributed by atoms with Crippen LogP contribution in [0.4, 0.5) is 0 Å². The molecule has 1 saturated heterocycles. The summed E-state index contributed by atoms with van der Waals surface area (Å²) >= 11 is 1.18. The topological polar surface area (TPSA) is 78.5 Å². The van der Waals surface area contributed by atoms with Gasteiger partial charge in [0, 0.05) is 26.2 Å². The number of hydrogen-bond acceptors (Lipinski definition) is 5. The summed E-state index contributed by atoms with van der Waals surface area (Å²) < 4.78 is 27.0. The fraction of sp³-hybridized carbons (Fsp3) is 0.667. The SMILES string of the molecule is CCCNCCNC(=O)c1sccc1S(=O)(=O)N1CCCCC1. The Morgan fingerprint density at radius 1 is 1.22 bits per heavy atom. The molecule has 0 bridgehead atoms. The molecule has 1 fully saturated rings. The average molecular weight is 360 g/mol. The van der Waals surface area contributed by atoms with Gasteiger partial charge in [-0.15, -0.1) is 11.3 Å². The number of thiophene rings is 1. The molecule has 0 aromatic carbocycles. The van der Waals surface area contributed by atoms with Crippen LogP contribution in [0.2, 0.25) is 0 Å². The van der Waals surface area contributed by atoms with Crippen molar-refractivity contribution in [2.45, 2.75) is 37.5 Å². The molecule has 130 valence electrons. The highest BCUT2D eigenvalue weighted by atomic mass is 32.2. The first kappa shape index (κ1) is 18.4. The predicted octanol–water partition coefficient (Wildman–Crippen LogP) is 1.65. The summed E-state index contributed by atoms with van der Waals surface area (Å²) in [7, 11) is -3.57. The van der Waals surface area contributed by atoms with Gasteiger partial charge < -0.3 is 10.6 Å². The largest absolute Gasteiger partial charge is 0.350 e. The number of amides is 1. The second-order valence-corrected chi connectivity index (χ2v) is 8.41. The molecule has 1 amide bonds. The van der Waals surface area contributed by atoms with E-state index in [9.17, 15) is 13.2 Å². The maximum absolute atomic E-state index is 12.7. The maximum atomic E-state index is 12.7. The lowest BCUT2D eigenvalue weighted by atomic mass is 10.2. The van der Waals surface area contributed by atoms with Gasteiger partial charge >= 0.3 is 0 Å². The van der Waals surface area contributed by atoms with Crippen LogP contribution in [-0.4, -0.2) is 51.4 Å². The Balaban J connectivity index is 2.02. The van der Waals surface area contributed by atoms with Gasteiger partial charge in [0.05, 0.1) is 0 Å². The van der Waals surface area contributed by atoms with Crippen LogP contribution in [-0.2, 0) is 10.0 Å². The van der Waals surface area contributed by atoms with E-state index in [1.165, 1.54) is 15.6 Å². The maximum Gasteiger partial charge on any atom is 0.262 e. The van der Waals surface area contributed by atoms with Crippen molar-refractivity contribution >= 4 is 27.3 Å². The zero-order valence-electron chi connectivity index (χ0n) is 13.5. The third-order valence-corrected chi connectivity index (χ3v) is 6.77. The van der Waals surface area contributed by atoms with Gasteiger partial charge in [0.15, 0.2) is 0 Å². The average Bonchev–Trinajstić information content (AvgIpc) is 3.06. The quantitative estimate of drug-likeness (QED) is 0.692. The summed E-state index contributed by atoms with van der Waals surface area (Å²) in [5.74, 6) is -0.311. The number of carbonyl (C=O) groups is 1. The molecular formula is C15H25N3O3S2. The van der Waals surface area contributed by atoms with Gasteiger partial charge in [0.1, 0.15) is 9.77 Å². The van der Waals surface area contributed by atoms with E-state index in [0.29, 0.717) is 26.2 Å². The van der Waals surface area contributed by atoms with Crippen LogP contribution in [0.5, 0.6) is 0 Å². The van der Waals surface area contributed by atoms with Gasteiger partial charge in [-0.1, -0.05) is 13.3 Å². The molecule has 1 aromatic heterocycles. The van der Waals surface area contributed by atoms with E-state index in [0.717, 1.165) is 32.2 Å². The van der Waals surface area contributed by atoms with Gasteiger partial charge in [-0.3, -0.25) is 4.79 Å². The normalized spacial score (nSPS) is 16.4. The minimum Gasteiger partial charge on any atom is -0.350 e. The Hall–Kier alpha value is -0.960. The van der Waals surface area contributed by atoms with Gasteiger partial charge in [0.25, 0.3) is 5.91 Å². The molecule has 1 aliphatic rings. The molecule has 2 heterocycles. The van der Waals surface area contributed by atoms with Crippen LogP contribution >= 0.6 is 11.3 Å². The van der Waals surface area contributed by atoms with E-state index in [-0.39, 0.29) is 15.7 Å². The molecule has 2 rings (SSSR count). The van der Waals surface area contributed by atoms with Gasteiger partial charge in [-0.05, 0) is 37.3 Å². The molecule has 0 atom stereocenters. The summed E-state index contributed by atoms with van der Waals surface area (Å²) in [6.07, 6.45) is 3.87. The summed E-state index contributed by atoms with van der Waals surface area (Å²) in [6.45, 7) is 5.23. The van der Waals surface area contributed by atoms with E-state index in [2.05, 4.69) is 17.6 Å². The van der Waals surface area contributed by atoms with Crippen molar-refractivity contribution in [1.29, 1.82) is 0 Å². The molecule has 0 aliphatic carbocycles. The van der Waals surface area contributed by atoms with Crippen molar-refractivity contribution in [3.05, 3.63) is 16.3 Å². The minimum absolute atomic E-state index is 0.142. The molecule has 2 N–H and O–H groups in total. The molecule has 0 unspecified atom stereocenters. The van der Waals surface area contributed by atoms with Crippen molar-refractivity contribution in [1.82, 2.24) is 14.9 Å². The monoisotopic (exact) mass is 359 g/mol. The van der Waals surface area contributed by atoms with Gasteiger partial charge in [0.2, 0.25) is 10.0 Å². The lowest BCUT2D eigenvalue weighted by Crippen LogP contribution is -2.37. The van der Waals surface area contributed by atoms with Gasteiger partial charge in [-0.2, -0.15) is 4.31 Å². The van der Waals surface area contributed by atoms with Crippen molar-refractivity contribution in [3.8, 4) is 0 Å². The Morgan fingerprint density at radius 3 is 2.65 bits per heavy atom. The minimum atomic E-state index is -3.57. The summed E-state index contributed by atoms with van der Waals surface area (Å²) in [5.41, 5.74) is 0. The Labute approximate surface area is 142 Å². The number of rotatable bonds is 8. The summed E-state index contributed by atoms with van der Waals surface area (Å²) in [6, 6.07) is 1.54. The molecule has 0 saturated carbocycles. The second kappa shape index (κ2) is 8.77. The predicted molar refractivity (Wildman–Crippen MR) is 92.4 cm³/mol. The summed E-state index contributed by atoms with van der Waals surface area (Å²) in [5, 5.41) is 7.65.